The minimum Gasteiger partial charge on any atom is -0.598 e. The molecule has 0 aliphatic heterocycles. The van der Waals surface area contributed by atoms with Crippen LogP contribution in [-0.4, -0.2) is 42.3 Å². The van der Waals surface area contributed by atoms with E-state index in [1.165, 1.54) is 10.8 Å². The second-order valence-electron chi connectivity index (χ2n) is 8.78. The molecule has 0 aromatic rings. The molecule has 0 amide bonds. The van der Waals surface area contributed by atoms with Gasteiger partial charge in [-0.2, -0.15) is 0 Å². The van der Waals surface area contributed by atoms with Crippen LogP contribution >= 0.6 is 16.4 Å². The van der Waals surface area contributed by atoms with Gasteiger partial charge in [0.1, 0.15) is 11.3 Å². The molecule has 0 aliphatic carbocycles. The zero-order chi connectivity index (χ0) is 20.8. The summed E-state index contributed by atoms with van der Waals surface area (Å²) in [6, 6.07) is 0.928. The van der Waals surface area contributed by atoms with Gasteiger partial charge in [-0.25, -0.2) is 0 Å². The molecule has 0 rings (SSSR count). The van der Waals surface area contributed by atoms with Crippen LogP contribution in [0.3, 0.4) is 0 Å². The summed E-state index contributed by atoms with van der Waals surface area (Å²) in [5.74, 6) is 0. The standard InChI is InChI=1S/2C8H17NP.C4H11Si.La/c2*1-6(2)9-8(5)10-7(3)4;1-5(2,3)4;/h2*6-7H,1-5H3;1H2,2-4H3;/q3*-1;+3/p+2. The van der Waals surface area contributed by atoms with Crippen LogP contribution in [0.2, 0.25) is 19.6 Å². The maximum atomic E-state index is 4.45. The molecule has 0 saturated carbocycles. The number of hydrogen-bond acceptors (Lipinski definition) is 0. The van der Waals surface area contributed by atoms with Gasteiger partial charge < -0.3 is 17.2 Å². The van der Waals surface area contributed by atoms with E-state index >= 15 is 0 Å². The van der Waals surface area contributed by atoms with Gasteiger partial charge in [0.25, 0.3) is 0 Å². The summed E-state index contributed by atoms with van der Waals surface area (Å²) in [4.78, 5) is 0. The van der Waals surface area contributed by atoms with E-state index in [0.717, 1.165) is 27.7 Å². The maximum Gasteiger partial charge on any atom is 3.00 e. The van der Waals surface area contributed by atoms with Crippen LogP contribution in [0, 0.1) is 42.1 Å². The van der Waals surface area contributed by atoms with Crippen molar-refractivity contribution in [1.82, 2.24) is 0 Å². The minimum atomic E-state index is -0.861. The summed E-state index contributed by atoms with van der Waals surface area (Å²) in [5, 5.41) is 8.89. The molecule has 2 unspecified atom stereocenters. The Hall–Kier alpha value is 1.67. The topological polar surface area (TPSA) is 28.2 Å². The summed E-state index contributed by atoms with van der Waals surface area (Å²) < 4.78 is 0. The first-order valence-electron chi connectivity index (χ1n) is 9.51. The Kier molecular flexibility index (Phi) is 27.0. The van der Waals surface area contributed by atoms with E-state index in [2.05, 4.69) is 106 Å². The molecular formula is C20H47LaN2P2Si+2. The summed E-state index contributed by atoms with van der Waals surface area (Å²) in [6.45, 7) is 32.2. The third-order valence-corrected chi connectivity index (χ3v) is 4.15. The first kappa shape index (κ1) is 35.1. The monoisotopic (exact) mass is 544 g/mol. The predicted molar refractivity (Wildman–Crippen MR) is 134 cm³/mol. The van der Waals surface area contributed by atoms with Crippen LogP contribution in [0.25, 0.3) is 10.6 Å². The van der Waals surface area contributed by atoms with Crippen molar-refractivity contribution in [2.24, 2.45) is 0 Å². The van der Waals surface area contributed by atoms with Crippen molar-refractivity contribution < 1.29 is 35.6 Å². The summed E-state index contributed by atoms with van der Waals surface area (Å²) >= 11 is 0. The Morgan fingerprint density at radius 2 is 0.885 bits per heavy atom. The molecule has 0 radical (unpaired) electrons. The van der Waals surface area contributed by atoms with E-state index in [1.54, 1.807) is 0 Å². The normalized spacial score (nSPS) is 12.5. The molecule has 0 aromatic heterocycles. The molecule has 6 heteroatoms. The third kappa shape index (κ3) is 50.0. The van der Waals surface area contributed by atoms with Gasteiger partial charge in [0, 0.05) is 0 Å². The summed E-state index contributed by atoms with van der Waals surface area (Å²) in [5.41, 5.74) is 4.15. The predicted octanol–water partition coefficient (Wildman–Crippen LogP) is 7.71. The average molecular weight is 545 g/mol. The average Bonchev–Trinajstić information content (AvgIpc) is 2.21. The number of rotatable bonds is 6. The van der Waals surface area contributed by atoms with Crippen LogP contribution in [-0.2, 0) is 0 Å². The zero-order valence-electron chi connectivity index (χ0n) is 20.0. The fraction of sp³-hybridized carbons (Fsp3) is 0.850. The van der Waals surface area contributed by atoms with Crippen molar-refractivity contribution in [3.63, 3.8) is 0 Å². The molecule has 0 spiro atoms. The maximum absolute atomic E-state index is 4.45. The molecule has 0 aromatic carbocycles. The quantitative estimate of drug-likeness (QED) is 0.186. The molecule has 26 heavy (non-hydrogen) atoms. The van der Waals surface area contributed by atoms with Crippen molar-refractivity contribution in [2.45, 2.75) is 112 Å². The van der Waals surface area contributed by atoms with Gasteiger partial charge in [0.05, 0.1) is 16.4 Å². The Morgan fingerprint density at radius 1 is 0.692 bits per heavy atom. The molecule has 0 aliphatic rings. The van der Waals surface area contributed by atoms with Gasteiger partial charge in [-0.1, -0.05) is 47.3 Å². The smallest absolute Gasteiger partial charge is 0.598 e. The fourth-order valence-corrected chi connectivity index (χ4v) is 4.02. The van der Waals surface area contributed by atoms with E-state index in [4.69, 9.17) is 0 Å². The molecule has 0 N–H and O–H groups in total. The van der Waals surface area contributed by atoms with Gasteiger partial charge in [-0.05, 0) is 52.4 Å². The van der Waals surface area contributed by atoms with E-state index in [0.29, 0.717) is 12.1 Å². The van der Waals surface area contributed by atoms with Gasteiger partial charge in [0.2, 0.25) is 0 Å². The summed E-state index contributed by atoms with van der Waals surface area (Å²) in [7, 11) is 0.949. The SMILES string of the molecule is C/C([N-]C(C)C)=[PH+]\C(C)C.C/C([N-]C(C)C)=[PH+]\C(C)C.[CH2-][Si](C)(C)C.[La+3]. The Bertz CT molecular complexity index is 338. The Labute approximate surface area is 199 Å². The molecule has 0 heterocycles. The van der Waals surface area contributed by atoms with E-state index < -0.39 is 8.07 Å². The summed E-state index contributed by atoms with van der Waals surface area (Å²) in [6.07, 6.45) is 0. The fourth-order valence-electron chi connectivity index (χ4n) is 1.68. The van der Waals surface area contributed by atoms with Crippen LogP contribution in [0.1, 0.15) is 69.2 Å². The van der Waals surface area contributed by atoms with Gasteiger partial charge in [-0.15, -0.1) is 20.2 Å². The molecule has 0 bridgehead atoms. The van der Waals surface area contributed by atoms with Crippen molar-refractivity contribution in [2.75, 3.05) is 0 Å². The second-order valence-corrected chi connectivity index (χ2v) is 18.2. The molecule has 0 saturated heterocycles. The van der Waals surface area contributed by atoms with Crippen LogP contribution < -0.4 is 0 Å². The van der Waals surface area contributed by atoms with Crippen molar-refractivity contribution in [3.8, 4) is 0 Å². The van der Waals surface area contributed by atoms with Crippen LogP contribution in [0.5, 0.6) is 0 Å². The largest absolute Gasteiger partial charge is 3.00 e. The third-order valence-electron chi connectivity index (χ3n) is 1.90. The van der Waals surface area contributed by atoms with E-state index in [1.807, 2.05) is 0 Å². The number of nitrogens with zero attached hydrogens (tertiary/aromatic N) is 2. The van der Waals surface area contributed by atoms with Crippen molar-refractivity contribution in [1.29, 1.82) is 0 Å². The van der Waals surface area contributed by atoms with Crippen molar-refractivity contribution in [3.05, 3.63) is 17.2 Å². The Morgan fingerprint density at radius 3 is 1.00 bits per heavy atom. The van der Waals surface area contributed by atoms with Gasteiger partial charge in [-0.3, -0.25) is 0 Å². The molecule has 152 valence electrons. The molecule has 2 nitrogen and oxygen atoms in total. The van der Waals surface area contributed by atoms with E-state index in [-0.39, 0.29) is 35.6 Å². The first-order chi connectivity index (χ1) is 11.0. The second kappa shape index (κ2) is 20.0. The van der Waals surface area contributed by atoms with Gasteiger partial charge >= 0.3 is 35.6 Å². The van der Waals surface area contributed by atoms with Crippen LogP contribution in [0.15, 0.2) is 0 Å². The molecule has 0 fully saturated rings. The first-order valence-corrected chi connectivity index (χ1v) is 15.4. The van der Waals surface area contributed by atoms with E-state index in [9.17, 15) is 0 Å². The zero-order valence-corrected chi connectivity index (χ0v) is 26.6. The Balaban J connectivity index is -0.000000145. The molecule has 2 atom stereocenters. The number of hydrogen-bond donors (Lipinski definition) is 0. The van der Waals surface area contributed by atoms with Gasteiger partial charge in [0.15, 0.2) is 0 Å². The van der Waals surface area contributed by atoms with Crippen LogP contribution in [0.4, 0.5) is 0 Å². The minimum absolute atomic E-state index is 0. The van der Waals surface area contributed by atoms with Crippen molar-refractivity contribution >= 4 is 35.3 Å². The molecular weight excluding hydrogens is 497 g/mol.